The van der Waals surface area contributed by atoms with Gasteiger partial charge in [0.15, 0.2) is 5.82 Å². The number of carbonyl (C=O) groups excluding carboxylic acids is 2. The molecule has 1 aliphatic heterocycles. The van der Waals surface area contributed by atoms with Crippen LogP contribution in [0.3, 0.4) is 0 Å². The normalized spacial score (nSPS) is 14.1. The highest BCUT2D eigenvalue weighted by Crippen LogP contribution is 2.29. The predicted octanol–water partition coefficient (Wildman–Crippen LogP) is 2.35. The Labute approximate surface area is 216 Å². The van der Waals surface area contributed by atoms with Crippen molar-refractivity contribution in [2.24, 2.45) is 0 Å². The third-order valence-electron chi connectivity index (χ3n) is 6.12. The molecule has 0 atom stereocenters. The average molecular weight is 550 g/mol. The molecular formula is C24H25F2N5O6S. The van der Waals surface area contributed by atoms with Gasteiger partial charge in [-0.05, 0) is 24.6 Å². The number of carboxylic acid groups (broad SMARTS) is 1. The minimum absolute atomic E-state index is 0.0593. The smallest absolute Gasteiger partial charge is 0.312 e. The molecule has 0 spiro atoms. The number of anilines is 2. The van der Waals surface area contributed by atoms with E-state index in [2.05, 4.69) is 14.7 Å². The highest BCUT2D eigenvalue weighted by Gasteiger charge is 2.27. The predicted molar refractivity (Wildman–Crippen MR) is 135 cm³/mol. The zero-order valence-corrected chi connectivity index (χ0v) is 21.1. The molecule has 3 heterocycles. The van der Waals surface area contributed by atoms with Gasteiger partial charge < -0.3 is 19.9 Å². The number of hydrogen-bond donors (Lipinski definition) is 3. The molecule has 202 valence electrons. The molecule has 1 aliphatic rings. The van der Waals surface area contributed by atoms with E-state index in [4.69, 9.17) is 5.11 Å². The minimum atomic E-state index is -3.88. The third-order valence-corrected chi connectivity index (χ3v) is 7.59. The number of pyridine rings is 1. The summed E-state index contributed by atoms with van der Waals surface area (Å²) in [4.78, 5) is 46.5. The van der Waals surface area contributed by atoms with Crippen molar-refractivity contribution in [3.05, 3.63) is 53.4 Å². The number of H-pyrrole nitrogens is 1. The molecule has 2 aromatic heterocycles. The van der Waals surface area contributed by atoms with Gasteiger partial charge in [0.05, 0.1) is 28.9 Å². The number of amides is 1. The van der Waals surface area contributed by atoms with Crippen molar-refractivity contribution in [1.29, 1.82) is 0 Å². The number of carbonyl (C=O) groups is 3. The summed E-state index contributed by atoms with van der Waals surface area (Å²) in [5.74, 6) is -5.42. The maximum Gasteiger partial charge on any atom is 0.312 e. The van der Waals surface area contributed by atoms with Gasteiger partial charge in [-0.1, -0.05) is 6.92 Å². The zero-order chi connectivity index (χ0) is 27.6. The molecule has 1 fully saturated rings. The maximum atomic E-state index is 15.2. The summed E-state index contributed by atoms with van der Waals surface area (Å²) in [7, 11) is -3.88. The lowest BCUT2D eigenvalue weighted by Gasteiger charge is -2.35. The van der Waals surface area contributed by atoms with Crippen LogP contribution >= 0.6 is 0 Å². The molecule has 0 unspecified atom stereocenters. The quantitative estimate of drug-likeness (QED) is 0.272. The zero-order valence-electron chi connectivity index (χ0n) is 20.3. The Morgan fingerprint density at radius 3 is 2.53 bits per heavy atom. The molecule has 4 rings (SSSR count). The molecule has 14 heteroatoms. The van der Waals surface area contributed by atoms with E-state index in [1.54, 1.807) is 19.2 Å². The van der Waals surface area contributed by atoms with Crippen molar-refractivity contribution in [2.45, 2.75) is 19.8 Å². The fraction of sp³-hybridized carbons (Fsp3) is 0.333. The van der Waals surface area contributed by atoms with E-state index < -0.39 is 57.0 Å². The number of aliphatic carboxylic acids is 1. The van der Waals surface area contributed by atoms with Crippen LogP contribution in [0.25, 0.3) is 11.0 Å². The molecule has 3 N–H and O–H groups in total. The van der Waals surface area contributed by atoms with Gasteiger partial charge in [0.2, 0.25) is 21.7 Å². The van der Waals surface area contributed by atoms with Crippen molar-refractivity contribution < 1.29 is 36.7 Å². The van der Waals surface area contributed by atoms with Crippen molar-refractivity contribution >= 4 is 50.1 Å². The Morgan fingerprint density at radius 2 is 1.87 bits per heavy atom. The first-order valence-electron chi connectivity index (χ1n) is 11.8. The van der Waals surface area contributed by atoms with Gasteiger partial charge in [-0.15, -0.1) is 0 Å². The number of carboxylic acids is 1. The highest BCUT2D eigenvalue weighted by molar-refractivity contribution is 7.92. The molecule has 1 amide bonds. The van der Waals surface area contributed by atoms with E-state index in [0.29, 0.717) is 42.9 Å². The number of sulfonamides is 1. The molecule has 0 saturated carbocycles. The van der Waals surface area contributed by atoms with E-state index in [9.17, 15) is 27.2 Å². The number of ketones is 1. The Morgan fingerprint density at radius 1 is 1.16 bits per heavy atom. The van der Waals surface area contributed by atoms with Gasteiger partial charge in [0.1, 0.15) is 17.9 Å². The van der Waals surface area contributed by atoms with Gasteiger partial charge in [-0.2, -0.15) is 0 Å². The lowest BCUT2D eigenvalue weighted by molar-refractivity contribution is -0.144. The lowest BCUT2D eigenvalue weighted by Crippen LogP contribution is -2.49. The fourth-order valence-electron chi connectivity index (χ4n) is 4.27. The number of nitrogens with zero attached hydrogens (tertiary/aromatic N) is 3. The number of halogens is 2. The minimum Gasteiger partial charge on any atom is -0.481 e. The number of benzene rings is 1. The SMILES string of the molecule is CCCS(=O)(=O)Nc1ccc(F)c(C(=O)c2c[nH]c3ncc(N4CCN(C(=O)CC(=O)O)CC4)cc23)c1F. The van der Waals surface area contributed by atoms with Gasteiger partial charge in [-0.3, -0.25) is 19.1 Å². The summed E-state index contributed by atoms with van der Waals surface area (Å²) in [6.45, 7) is 2.98. The van der Waals surface area contributed by atoms with Crippen LogP contribution in [0.5, 0.6) is 0 Å². The van der Waals surface area contributed by atoms with Crippen LogP contribution in [-0.2, 0) is 19.6 Å². The van der Waals surface area contributed by atoms with E-state index >= 15 is 4.39 Å². The topological polar surface area (TPSA) is 153 Å². The number of rotatable bonds is 9. The van der Waals surface area contributed by atoms with Crippen LogP contribution in [0.4, 0.5) is 20.2 Å². The summed E-state index contributed by atoms with van der Waals surface area (Å²) in [6.07, 6.45) is 2.52. The fourth-order valence-corrected chi connectivity index (χ4v) is 5.40. The second kappa shape index (κ2) is 10.7. The summed E-state index contributed by atoms with van der Waals surface area (Å²) in [5, 5.41) is 9.12. The van der Waals surface area contributed by atoms with Gasteiger partial charge in [0, 0.05) is 43.3 Å². The number of hydrogen-bond acceptors (Lipinski definition) is 7. The van der Waals surface area contributed by atoms with Crippen LogP contribution in [-0.4, -0.2) is 78.0 Å². The molecule has 11 nitrogen and oxygen atoms in total. The van der Waals surface area contributed by atoms with Crippen molar-refractivity contribution in [1.82, 2.24) is 14.9 Å². The monoisotopic (exact) mass is 549 g/mol. The summed E-state index contributed by atoms with van der Waals surface area (Å²) < 4.78 is 56.1. The Bertz CT molecular complexity index is 1520. The molecule has 1 aromatic carbocycles. The Kier molecular flexibility index (Phi) is 7.62. The molecular weight excluding hydrogens is 524 g/mol. The highest BCUT2D eigenvalue weighted by atomic mass is 32.2. The second-order valence-corrected chi connectivity index (χ2v) is 10.6. The first-order chi connectivity index (χ1) is 18.0. The maximum absolute atomic E-state index is 15.2. The number of aromatic amines is 1. The molecule has 0 aliphatic carbocycles. The number of fused-ring (bicyclic) bond motifs is 1. The Hall–Kier alpha value is -4.07. The van der Waals surface area contributed by atoms with E-state index in [-0.39, 0.29) is 17.7 Å². The van der Waals surface area contributed by atoms with Crippen LogP contribution in [0.15, 0.2) is 30.6 Å². The van der Waals surface area contributed by atoms with Crippen LogP contribution in [0.2, 0.25) is 0 Å². The van der Waals surface area contributed by atoms with Crippen LogP contribution in [0, 0.1) is 11.6 Å². The standard InChI is InChI=1S/C24H25F2N5O6S/c1-2-9-38(36,37)29-18-4-3-17(25)21(22(18)26)23(35)16-13-28-24-15(16)10-14(12-27-24)30-5-7-31(8-6-30)19(32)11-20(33)34/h3-4,10,12-13,29H,2,5-9,11H2,1H3,(H,27,28)(H,33,34). The summed E-state index contributed by atoms with van der Waals surface area (Å²) in [6, 6.07) is 3.37. The molecule has 1 saturated heterocycles. The van der Waals surface area contributed by atoms with Crippen molar-refractivity contribution in [3.8, 4) is 0 Å². The second-order valence-electron chi connectivity index (χ2n) is 8.76. The number of aromatic nitrogens is 2. The number of nitrogens with one attached hydrogen (secondary N) is 2. The molecule has 0 radical (unpaired) electrons. The molecule has 3 aromatic rings. The largest absolute Gasteiger partial charge is 0.481 e. The first-order valence-corrected chi connectivity index (χ1v) is 13.4. The van der Waals surface area contributed by atoms with Crippen LogP contribution in [0.1, 0.15) is 35.7 Å². The average Bonchev–Trinajstić information content (AvgIpc) is 3.29. The third kappa shape index (κ3) is 5.59. The van der Waals surface area contributed by atoms with E-state index in [1.165, 1.54) is 11.1 Å². The lowest BCUT2D eigenvalue weighted by atomic mass is 10.0. The molecule has 0 bridgehead atoms. The van der Waals surface area contributed by atoms with Gasteiger partial charge >= 0.3 is 5.97 Å². The molecule has 38 heavy (non-hydrogen) atoms. The summed E-state index contributed by atoms with van der Waals surface area (Å²) in [5.41, 5.74) is -0.599. The van der Waals surface area contributed by atoms with E-state index in [0.717, 1.165) is 12.1 Å². The Balaban J connectivity index is 1.61. The van der Waals surface area contributed by atoms with Crippen molar-refractivity contribution in [2.75, 3.05) is 41.6 Å². The van der Waals surface area contributed by atoms with Gasteiger partial charge in [-0.25, -0.2) is 22.2 Å². The van der Waals surface area contributed by atoms with E-state index in [1.807, 2.05) is 4.90 Å². The first kappa shape index (κ1) is 27.0. The number of piperazine rings is 1. The van der Waals surface area contributed by atoms with Crippen LogP contribution < -0.4 is 9.62 Å². The van der Waals surface area contributed by atoms with Crippen molar-refractivity contribution in [3.63, 3.8) is 0 Å². The summed E-state index contributed by atoms with van der Waals surface area (Å²) >= 11 is 0. The van der Waals surface area contributed by atoms with Gasteiger partial charge in [0.25, 0.3) is 0 Å².